The lowest BCUT2D eigenvalue weighted by Crippen LogP contribution is -2.25. The molecule has 5 heteroatoms. The van der Waals surface area contributed by atoms with Gasteiger partial charge in [0, 0.05) is 6.54 Å². The molecule has 0 saturated heterocycles. The number of halogens is 1. The van der Waals surface area contributed by atoms with Crippen molar-refractivity contribution >= 4 is 0 Å². The van der Waals surface area contributed by atoms with Gasteiger partial charge >= 0.3 is 0 Å². The van der Waals surface area contributed by atoms with Gasteiger partial charge in [0.05, 0.1) is 12.8 Å². The van der Waals surface area contributed by atoms with Crippen LogP contribution in [-0.2, 0) is 9.57 Å². The van der Waals surface area contributed by atoms with E-state index >= 15 is 0 Å². The van der Waals surface area contributed by atoms with Gasteiger partial charge in [0.1, 0.15) is 19.0 Å². The molecule has 0 aromatic rings. The Balaban J connectivity index is 3.36. The number of hydrogen-bond donors (Lipinski definition) is 2. The minimum absolute atomic E-state index is 0.0330. The predicted molar refractivity (Wildman–Crippen MR) is 43.8 cm³/mol. The van der Waals surface area contributed by atoms with Gasteiger partial charge in [-0.1, -0.05) is 0 Å². The van der Waals surface area contributed by atoms with Crippen LogP contribution in [0.2, 0.25) is 0 Å². The number of ether oxygens (including phenoxy) is 1. The highest BCUT2D eigenvalue weighted by atomic mass is 19.1. The maximum absolute atomic E-state index is 12.4. The summed E-state index contributed by atoms with van der Waals surface area (Å²) in [5.74, 6) is 0. The fraction of sp³-hybridized carbons (Fsp3) is 0.714. The molecule has 0 aromatic heterocycles. The summed E-state index contributed by atoms with van der Waals surface area (Å²) >= 11 is 0. The molecule has 0 bridgehead atoms. The average Bonchev–Trinajstić information content (AvgIpc) is 2.04. The van der Waals surface area contributed by atoms with Crippen LogP contribution in [0.5, 0.6) is 0 Å². The Kier molecular flexibility index (Phi) is 6.41. The molecule has 0 aliphatic rings. The molecular weight excluding hydrogens is 163 g/mol. The van der Waals surface area contributed by atoms with Gasteiger partial charge < -0.3 is 10.5 Å². The van der Waals surface area contributed by atoms with Crippen molar-refractivity contribution in [2.24, 2.45) is 5.73 Å². The smallest absolute Gasteiger partial charge is 0.138 e. The molecule has 72 valence electrons. The van der Waals surface area contributed by atoms with Gasteiger partial charge in [-0.2, -0.15) is 0 Å². The van der Waals surface area contributed by atoms with E-state index in [1.165, 1.54) is 13.4 Å². The first-order valence-electron chi connectivity index (χ1n) is 3.62. The Morgan fingerprint density at radius 2 is 2.42 bits per heavy atom. The van der Waals surface area contributed by atoms with Gasteiger partial charge in [0.2, 0.25) is 0 Å². The SMILES string of the molecule is COC=C(C)NOCC(F)CN. The Hall–Kier alpha value is -0.810. The number of methoxy groups -OCH3 is 1. The molecule has 0 heterocycles. The van der Waals surface area contributed by atoms with Crippen LogP contribution in [0.25, 0.3) is 0 Å². The Morgan fingerprint density at radius 3 is 2.92 bits per heavy atom. The lowest BCUT2D eigenvalue weighted by atomic mass is 10.4. The van der Waals surface area contributed by atoms with Crippen molar-refractivity contribution in [3.8, 4) is 0 Å². The quantitative estimate of drug-likeness (QED) is 0.454. The zero-order chi connectivity index (χ0) is 9.40. The second-order valence-electron chi connectivity index (χ2n) is 2.28. The first kappa shape index (κ1) is 11.2. The number of rotatable bonds is 6. The molecule has 12 heavy (non-hydrogen) atoms. The molecule has 1 atom stereocenters. The molecule has 0 radical (unpaired) electrons. The summed E-state index contributed by atoms with van der Waals surface area (Å²) in [6.07, 6.45) is 0.322. The summed E-state index contributed by atoms with van der Waals surface area (Å²) in [7, 11) is 1.52. The fourth-order valence-electron chi connectivity index (χ4n) is 0.515. The number of alkyl halides is 1. The normalized spacial score (nSPS) is 14.2. The summed E-state index contributed by atoms with van der Waals surface area (Å²) in [5, 5.41) is 0. The van der Waals surface area contributed by atoms with Crippen LogP contribution >= 0.6 is 0 Å². The van der Waals surface area contributed by atoms with Crippen LogP contribution < -0.4 is 11.2 Å². The summed E-state index contributed by atoms with van der Waals surface area (Å²) in [6.45, 7) is 1.64. The average molecular weight is 178 g/mol. The number of hydrogen-bond acceptors (Lipinski definition) is 4. The van der Waals surface area contributed by atoms with E-state index in [0.717, 1.165) is 0 Å². The number of hydroxylamine groups is 1. The first-order chi connectivity index (χ1) is 5.70. The van der Waals surface area contributed by atoms with Crippen molar-refractivity contribution in [1.82, 2.24) is 5.48 Å². The Labute approximate surface area is 71.5 Å². The zero-order valence-corrected chi connectivity index (χ0v) is 7.34. The fourth-order valence-corrected chi connectivity index (χ4v) is 0.515. The van der Waals surface area contributed by atoms with Crippen molar-refractivity contribution in [2.75, 3.05) is 20.3 Å². The van der Waals surface area contributed by atoms with Crippen molar-refractivity contribution in [1.29, 1.82) is 0 Å². The summed E-state index contributed by atoms with van der Waals surface area (Å²) < 4.78 is 17.1. The molecule has 1 unspecified atom stereocenters. The van der Waals surface area contributed by atoms with Crippen LogP contribution in [0.1, 0.15) is 6.92 Å². The van der Waals surface area contributed by atoms with E-state index < -0.39 is 6.17 Å². The van der Waals surface area contributed by atoms with Gasteiger partial charge in [-0.3, -0.25) is 10.3 Å². The third-order valence-electron chi connectivity index (χ3n) is 1.05. The molecule has 0 aliphatic heterocycles. The predicted octanol–water partition coefficient (Wildman–Crippen LogP) is 0.312. The van der Waals surface area contributed by atoms with Gasteiger partial charge in [0.15, 0.2) is 0 Å². The third-order valence-corrected chi connectivity index (χ3v) is 1.05. The number of allylic oxidation sites excluding steroid dienone is 1. The minimum atomic E-state index is -1.13. The Bertz CT molecular complexity index is 141. The van der Waals surface area contributed by atoms with E-state index in [-0.39, 0.29) is 13.2 Å². The molecular formula is C7H15FN2O2. The monoisotopic (exact) mass is 178 g/mol. The molecule has 0 aromatic carbocycles. The van der Waals surface area contributed by atoms with E-state index in [0.29, 0.717) is 5.70 Å². The molecule has 0 amide bonds. The second kappa shape index (κ2) is 6.87. The van der Waals surface area contributed by atoms with Crippen LogP contribution in [0.3, 0.4) is 0 Å². The summed E-state index contributed by atoms with van der Waals surface area (Å²) in [4.78, 5) is 4.75. The summed E-state index contributed by atoms with van der Waals surface area (Å²) in [6, 6.07) is 0. The molecule has 4 nitrogen and oxygen atoms in total. The second-order valence-corrected chi connectivity index (χ2v) is 2.28. The lowest BCUT2D eigenvalue weighted by molar-refractivity contribution is 0.0252. The molecule has 0 rings (SSSR count). The molecule has 0 fully saturated rings. The van der Waals surface area contributed by atoms with E-state index in [2.05, 4.69) is 10.2 Å². The highest BCUT2D eigenvalue weighted by molar-refractivity contribution is 4.85. The van der Waals surface area contributed by atoms with E-state index in [9.17, 15) is 4.39 Å². The Morgan fingerprint density at radius 1 is 1.75 bits per heavy atom. The molecule has 3 N–H and O–H groups in total. The van der Waals surface area contributed by atoms with Crippen molar-refractivity contribution < 1.29 is 14.0 Å². The first-order valence-corrected chi connectivity index (χ1v) is 3.62. The van der Waals surface area contributed by atoms with Gasteiger partial charge in [0.25, 0.3) is 0 Å². The maximum Gasteiger partial charge on any atom is 0.138 e. The van der Waals surface area contributed by atoms with E-state index in [1.54, 1.807) is 6.92 Å². The van der Waals surface area contributed by atoms with Crippen LogP contribution in [0.4, 0.5) is 4.39 Å². The highest BCUT2D eigenvalue weighted by Gasteiger charge is 2.02. The number of nitrogens with one attached hydrogen (secondary N) is 1. The number of nitrogens with two attached hydrogens (primary N) is 1. The highest BCUT2D eigenvalue weighted by Crippen LogP contribution is 1.90. The summed E-state index contributed by atoms with van der Waals surface area (Å²) in [5.41, 5.74) is 8.18. The van der Waals surface area contributed by atoms with E-state index in [4.69, 9.17) is 10.6 Å². The largest absolute Gasteiger partial charge is 0.502 e. The van der Waals surface area contributed by atoms with Crippen molar-refractivity contribution in [2.45, 2.75) is 13.1 Å². The zero-order valence-electron chi connectivity index (χ0n) is 7.34. The molecule has 0 spiro atoms. The van der Waals surface area contributed by atoms with Crippen LogP contribution in [0.15, 0.2) is 12.0 Å². The lowest BCUT2D eigenvalue weighted by Gasteiger charge is -2.08. The van der Waals surface area contributed by atoms with Crippen LogP contribution in [0, 0.1) is 0 Å². The molecule has 0 saturated carbocycles. The van der Waals surface area contributed by atoms with Gasteiger partial charge in [-0.05, 0) is 6.92 Å². The third kappa shape index (κ3) is 5.94. The van der Waals surface area contributed by atoms with Crippen LogP contribution in [-0.4, -0.2) is 26.4 Å². The van der Waals surface area contributed by atoms with Gasteiger partial charge in [-0.15, -0.1) is 0 Å². The van der Waals surface area contributed by atoms with Crippen molar-refractivity contribution in [3.63, 3.8) is 0 Å². The van der Waals surface area contributed by atoms with E-state index in [1.807, 2.05) is 0 Å². The topological polar surface area (TPSA) is 56.5 Å². The minimum Gasteiger partial charge on any atom is -0.502 e. The molecule has 0 aliphatic carbocycles. The standard InChI is InChI=1S/C7H15FN2O2/c1-6(4-11-2)10-12-5-7(8)3-9/h4,7,10H,3,5,9H2,1-2H3. The maximum atomic E-state index is 12.4. The van der Waals surface area contributed by atoms with Gasteiger partial charge in [-0.25, -0.2) is 4.39 Å². The van der Waals surface area contributed by atoms with Crippen molar-refractivity contribution in [3.05, 3.63) is 12.0 Å².